The van der Waals surface area contributed by atoms with Gasteiger partial charge in [-0.05, 0) is 12.1 Å². The smallest absolute Gasteiger partial charge is 0.224 e. The lowest BCUT2D eigenvalue weighted by Crippen LogP contribution is -1.96. The van der Waals surface area contributed by atoms with Crippen LogP contribution in [0.4, 0.5) is 0 Å². The molecule has 0 N–H and O–H groups in total. The second kappa shape index (κ2) is 5.69. The molecular weight excluding hydrogens is 252 g/mol. The van der Waals surface area contributed by atoms with Gasteiger partial charge >= 0.3 is 0 Å². The van der Waals surface area contributed by atoms with E-state index in [1.54, 1.807) is 19.2 Å². The minimum Gasteiger partial charge on any atom is -0.497 e. The van der Waals surface area contributed by atoms with Gasteiger partial charge in [0.05, 0.1) is 7.11 Å². The summed E-state index contributed by atoms with van der Waals surface area (Å²) < 4.78 is 10.8. The summed E-state index contributed by atoms with van der Waals surface area (Å²) in [5, 5.41) is 0.375. The van der Waals surface area contributed by atoms with Gasteiger partial charge in [-0.15, -0.1) is 0 Å². The fraction of sp³-hybridized carbons (Fsp3) is 0.231. The van der Waals surface area contributed by atoms with Crippen LogP contribution in [0.25, 0.3) is 0 Å². The molecule has 0 saturated carbocycles. The highest BCUT2D eigenvalue weighted by atomic mass is 35.5. The van der Waals surface area contributed by atoms with E-state index in [0.29, 0.717) is 29.0 Å². The molecule has 18 heavy (non-hydrogen) atoms. The first-order chi connectivity index (χ1) is 8.71. The summed E-state index contributed by atoms with van der Waals surface area (Å²) in [4.78, 5) is 8.32. The largest absolute Gasteiger partial charge is 0.497 e. The van der Waals surface area contributed by atoms with Crippen LogP contribution in [0.5, 0.6) is 17.4 Å². The predicted octanol–water partition coefficient (Wildman–Crippen LogP) is 3.49. The molecule has 0 radical (unpaired) electrons. The van der Waals surface area contributed by atoms with Crippen LogP contribution < -0.4 is 9.47 Å². The molecule has 0 saturated heterocycles. The Hall–Kier alpha value is -1.81. The van der Waals surface area contributed by atoms with Crippen molar-refractivity contribution in [2.24, 2.45) is 0 Å². The summed E-state index contributed by atoms with van der Waals surface area (Å²) in [6, 6.07) is 8.88. The van der Waals surface area contributed by atoms with Crippen LogP contribution in [-0.2, 0) is 6.42 Å². The second-order valence-corrected chi connectivity index (χ2v) is 3.97. The van der Waals surface area contributed by atoms with E-state index in [-0.39, 0.29) is 0 Å². The fourth-order valence-corrected chi connectivity index (χ4v) is 1.63. The summed E-state index contributed by atoms with van der Waals surface area (Å²) >= 11 is 5.90. The molecule has 1 heterocycles. The molecule has 0 aliphatic rings. The van der Waals surface area contributed by atoms with Gasteiger partial charge in [0.15, 0.2) is 0 Å². The molecule has 5 heteroatoms. The first kappa shape index (κ1) is 12.6. The third-order valence-corrected chi connectivity index (χ3v) is 2.49. The van der Waals surface area contributed by atoms with Gasteiger partial charge < -0.3 is 9.47 Å². The second-order valence-electron chi connectivity index (χ2n) is 3.58. The third-order valence-electron chi connectivity index (χ3n) is 2.30. The number of benzene rings is 1. The van der Waals surface area contributed by atoms with Crippen molar-refractivity contribution >= 4 is 11.6 Å². The number of hydrogen-bond acceptors (Lipinski definition) is 4. The highest BCUT2D eigenvalue weighted by Gasteiger charge is 2.05. The Morgan fingerprint density at radius 3 is 2.67 bits per heavy atom. The number of halogens is 1. The molecule has 0 aliphatic carbocycles. The van der Waals surface area contributed by atoms with E-state index < -0.39 is 0 Å². The van der Waals surface area contributed by atoms with Crippen LogP contribution in [0.15, 0.2) is 30.3 Å². The third kappa shape index (κ3) is 3.11. The Balaban J connectivity index is 2.24. The van der Waals surface area contributed by atoms with E-state index >= 15 is 0 Å². The molecule has 94 valence electrons. The lowest BCUT2D eigenvalue weighted by molar-refractivity contribution is 0.407. The van der Waals surface area contributed by atoms with Gasteiger partial charge in [0.1, 0.15) is 22.5 Å². The van der Waals surface area contributed by atoms with Gasteiger partial charge in [-0.3, -0.25) is 0 Å². The van der Waals surface area contributed by atoms with Gasteiger partial charge in [-0.25, -0.2) is 4.98 Å². The molecule has 0 bridgehead atoms. The van der Waals surface area contributed by atoms with Gasteiger partial charge in [0.2, 0.25) is 5.88 Å². The summed E-state index contributed by atoms with van der Waals surface area (Å²) in [6.07, 6.45) is 0.703. The van der Waals surface area contributed by atoms with E-state index in [1.165, 1.54) is 0 Å². The Morgan fingerprint density at radius 2 is 1.94 bits per heavy atom. The minimum atomic E-state index is 0.375. The van der Waals surface area contributed by atoms with Gasteiger partial charge in [0, 0.05) is 18.6 Å². The average Bonchev–Trinajstić information content (AvgIpc) is 2.38. The maximum atomic E-state index is 5.90. The van der Waals surface area contributed by atoms with Gasteiger partial charge in [-0.2, -0.15) is 4.98 Å². The lowest BCUT2D eigenvalue weighted by Gasteiger charge is -2.07. The van der Waals surface area contributed by atoms with Crippen molar-refractivity contribution in [1.82, 2.24) is 9.97 Å². The Labute approximate surface area is 111 Å². The van der Waals surface area contributed by atoms with Crippen LogP contribution in [0, 0.1) is 0 Å². The molecule has 1 aromatic heterocycles. The highest BCUT2D eigenvalue weighted by molar-refractivity contribution is 6.29. The number of ether oxygens (including phenoxy) is 2. The van der Waals surface area contributed by atoms with Gasteiger partial charge in [-0.1, -0.05) is 24.6 Å². The molecule has 2 aromatic rings. The SMILES string of the molecule is CCc1nc(Cl)cc(Oc2cccc(OC)c2)n1. The number of aromatic nitrogens is 2. The Kier molecular flexibility index (Phi) is 3.99. The average molecular weight is 265 g/mol. The number of rotatable bonds is 4. The van der Waals surface area contributed by atoms with Crippen LogP contribution >= 0.6 is 11.6 Å². The van der Waals surface area contributed by atoms with E-state index in [0.717, 1.165) is 5.75 Å². The molecule has 0 unspecified atom stereocenters. The number of aryl methyl sites for hydroxylation is 1. The zero-order chi connectivity index (χ0) is 13.0. The molecule has 4 nitrogen and oxygen atoms in total. The zero-order valence-corrected chi connectivity index (χ0v) is 10.9. The normalized spacial score (nSPS) is 10.2. The van der Waals surface area contributed by atoms with Crippen LogP contribution in [-0.4, -0.2) is 17.1 Å². The van der Waals surface area contributed by atoms with Crippen molar-refractivity contribution < 1.29 is 9.47 Å². The molecule has 0 amide bonds. The van der Waals surface area contributed by atoms with Crippen molar-refractivity contribution in [2.75, 3.05) is 7.11 Å². The molecule has 0 aliphatic heterocycles. The van der Waals surface area contributed by atoms with Crippen molar-refractivity contribution in [2.45, 2.75) is 13.3 Å². The molecule has 0 spiro atoms. The first-order valence-corrected chi connectivity index (χ1v) is 5.94. The molecule has 2 rings (SSSR count). The molecule has 0 atom stereocenters. The minimum absolute atomic E-state index is 0.375. The number of methoxy groups -OCH3 is 1. The summed E-state index contributed by atoms with van der Waals surface area (Å²) in [6.45, 7) is 1.96. The zero-order valence-electron chi connectivity index (χ0n) is 10.2. The van der Waals surface area contributed by atoms with E-state index in [4.69, 9.17) is 21.1 Å². The quantitative estimate of drug-likeness (QED) is 0.793. The number of hydrogen-bond donors (Lipinski definition) is 0. The number of nitrogens with zero attached hydrogens (tertiary/aromatic N) is 2. The maximum absolute atomic E-state index is 5.90. The van der Waals surface area contributed by atoms with Crippen LogP contribution in [0.1, 0.15) is 12.7 Å². The first-order valence-electron chi connectivity index (χ1n) is 5.56. The monoisotopic (exact) mass is 264 g/mol. The Bertz CT molecular complexity index is 546. The standard InChI is InChI=1S/C13H13ClN2O2/c1-3-12-15-11(14)8-13(16-12)18-10-6-4-5-9(7-10)17-2/h4-8H,3H2,1-2H3. The summed E-state index contributed by atoms with van der Waals surface area (Å²) in [7, 11) is 1.61. The van der Waals surface area contributed by atoms with Crippen molar-refractivity contribution in [3.05, 3.63) is 41.3 Å². The van der Waals surface area contributed by atoms with E-state index in [2.05, 4.69) is 9.97 Å². The van der Waals surface area contributed by atoms with E-state index in [1.807, 2.05) is 25.1 Å². The molecular formula is C13H13ClN2O2. The molecule has 0 fully saturated rings. The fourth-order valence-electron chi connectivity index (χ4n) is 1.44. The van der Waals surface area contributed by atoms with Crippen molar-refractivity contribution in [1.29, 1.82) is 0 Å². The van der Waals surface area contributed by atoms with Gasteiger partial charge in [0.25, 0.3) is 0 Å². The molecule has 1 aromatic carbocycles. The topological polar surface area (TPSA) is 44.2 Å². The summed E-state index contributed by atoms with van der Waals surface area (Å²) in [5.74, 6) is 2.45. The van der Waals surface area contributed by atoms with Crippen LogP contribution in [0.2, 0.25) is 5.15 Å². The van der Waals surface area contributed by atoms with E-state index in [9.17, 15) is 0 Å². The van der Waals surface area contributed by atoms with Crippen molar-refractivity contribution in [3.8, 4) is 17.4 Å². The Morgan fingerprint density at radius 1 is 1.17 bits per heavy atom. The maximum Gasteiger partial charge on any atom is 0.224 e. The highest BCUT2D eigenvalue weighted by Crippen LogP contribution is 2.25. The lowest BCUT2D eigenvalue weighted by atomic mass is 10.3. The van der Waals surface area contributed by atoms with Crippen LogP contribution in [0.3, 0.4) is 0 Å². The summed E-state index contributed by atoms with van der Waals surface area (Å²) in [5.41, 5.74) is 0. The van der Waals surface area contributed by atoms with Crippen molar-refractivity contribution in [3.63, 3.8) is 0 Å². The predicted molar refractivity (Wildman–Crippen MR) is 69.5 cm³/mol.